The zero-order valence-electron chi connectivity index (χ0n) is 13.5. The molecular formula is C17H28N2O2. The molecule has 4 heteroatoms. The van der Waals surface area contributed by atoms with E-state index in [1.165, 1.54) is 5.56 Å². The fourth-order valence-electron chi connectivity index (χ4n) is 2.10. The van der Waals surface area contributed by atoms with Crippen molar-refractivity contribution in [2.75, 3.05) is 39.9 Å². The Balaban J connectivity index is 2.46. The van der Waals surface area contributed by atoms with Crippen LogP contribution in [0, 0.1) is 0 Å². The van der Waals surface area contributed by atoms with E-state index in [9.17, 15) is 0 Å². The third-order valence-electron chi connectivity index (χ3n) is 3.41. The van der Waals surface area contributed by atoms with Gasteiger partial charge in [0.1, 0.15) is 6.61 Å². The molecule has 0 fully saturated rings. The molecule has 1 rings (SSSR count). The van der Waals surface area contributed by atoms with Crippen molar-refractivity contribution in [2.24, 2.45) is 0 Å². The van der Waals surface area contributed by atoms with Gasteiger partial charge in [-0.1, -0.05) is 32.6 Å². The molecule has 0 saturated carbocycles. The summed E-state index contributed by atoms with van der Waals surface area (Å²) < 4.78 is 10.9. The monoisotopic (exact) mass is 292 g/mol. The fourth-order valence-corrected chi connectivity index (χ4v) is 2.10. The van der Waals surface area contributed by atoms with Crippen LogP contribution in [-0.4, -0.2) is 44.8 Å². The minimum absolute atomic E-state index is 0.484. The van der Waals surface area contributed by atoms with Crippen LogP contribution < -0.4 is 14.8 Å². The molecule has 1 aromatic carbocycles. The van der Waals surface area contributed by atoms with Crippen molar-refractivity contribution in [3.63, 3.8) is 0 Å². The maximum Gasteiger partial charge on any atom is 0.161 e. The first kappa shape index (κ1) is 17.5. The van der Waals surface area contributed by atoms with Crippen molar-refractivity contribution in [1.29, 1.82) is 0 Å². The summed E-state index contributed by atoms with van der Waals surface area (Å²) in [5.41, 5.74) is 1.19. The Hall–Kier alpha value is -1.52. The molecule has 1 N–H and O–H groups in total. The smallest absolute Gasteiger partial charge is 0.161 e. The van der Waals surface area contributed by atoms with Crippen molar-refractivity contribution >= 4 is 0 Å². The van der Waals surface area contributed by atoms with Crippen LogP contribution in [0.15, 0.2) is 30.9 Å². The highest BCUT2D eigenvalue weighted by Gasteiger charge is 2.05. The van der Waals surface area contributed by atoms with Gasteiger partial charge in [-0.05, 0) is 30.8 Å². The van der Waals surface area contributed by atoms with E-state index in [0.29, 0.717) is 6.61 Å². The SMILES string of the molecule is C=CCOc1ccc(CNCCN(CC)CC)cc1OC. The predicted molar refractivity (Wildman–Crippen MR) is 88.2 cm³/mol. The second-order valence-electron chi connectivity index (χ2n) is 4.79. The lowest BCUT2D eigenvalue weighted by Gasteiger charge is -2.18. The van der Waals surface area contributed by atoms with Gasteiger partial charge < -0.3 is 19.7 Å². The number of nitrogens with zero attached hydrogens (tertiary/aromatic N) is 1. The second kappa shape index (κ2) is 10.2. The number of hydrogen-bond donors (Lipinski definition) is 1. The van der Waals surface area contributed by atoms with Crippen LogP contribution >= 0.6 is 0 Å². The van der Waals surface area contributed by atoms with Crippen LogP contribution in [0.5, 0.6) is 11.5 Å². The fraction of sp³-hybridized carbons (Fsp3) is 0.529. The first-order chi connectivity index (χ1) is 10.2. The van der Waals surface area contributed by atoms with Gasteiger partial charge in [0.15, 0.2) is 11.5 Å². The van der Waals surface area contributed by atoms with Crippen molar-refractivity contribution in [3.05, 3.63) is 36.4 Å². The molecular weight excluding hydrogens is 264 g/mol. The van der Waals surface area contributed by atoms with E-state index in [-0.39, 0.29) is 0 Å². The topological polar surface area (TPSA) is 33.7 Å². The van der Waals surface area contributed by atoms with Crippen LogP contribution in [0.2, 0.25) is 0 Å². The van der Waals surface area contributed by atoms with Gasteiger partial charge in [0.2, 0.25) is 0 Å². The molecule has 0 aliphatic carbocycles. The van der Waals surface area contributed by atoms with E-state index in [1.54, 1.807) is 13.2 Å². The molecule has 0 bridgehead atoms. The Morgan fingerprint density at radius 1 is 1.24 bits per heavy atom. The summed E-state index contributed by atoms with van der Waals surface area (Å²) in [6.45, 7) is 13.6. The Kier molecular flexibility index (Phi) is 8.55. The van der Waals surface area contributed by atoms with Crippen molar-refractivity contribution in [3.8, 4) is 11.5 Å². The van der Waals surface area contributed by atoms with E-state index in [4.69, 9.17) is 9.47 Å². The average Bonchev–Trinajstić information content (AvgIpc) is 2.53. The van der Waals surface area contributed by atoms with E-state index in [1.807, 2.05) is 12.1 Å². The first-order valence-corrected chi connectivity index (χ1v) is 7.58. The largest absolute Gasteiger partial charge is 0.493 e. The maximum atomic E-state index is 5.55. The molecule has 0 aromatic heterocycles. The van der Waals surface area contributed by atoms with Gasteiger partial charge in [-0.15, -0.1) is 0 Å². The number of ether oxygens (including phenoxy) is 2. The van der Waals surface area contributed by atoms with Gasteiger partial charge in [-0.2, -0.15) is 0 Å². The predicted octanol–water partition coefficient (Wildman–Crippen LogP) is 2.69. The van der Waals surface area contributed by atoms with Crippen molar-refractivity contribution < 1.29 is 9.47 Å². The van der Waals surface area contributed by atoms with Gasteiger partial charge in [0.25, 0.3) is 0 Å². The van der Waals surface area contributed by atoms with Crippen LogP contribution in [0.3, 0.4) is 0 Å². The van der Waals surface area contributed by atoms with E-state index in [0.717, 1.165) is 44.2 Å². The van der Waals surface area contributed by atoms with Gasteiger partial charge in [0.05, 0.1) is 7.11 Å². The molecule has 21 heavy (non-hydrogen) atoms. The Morgan fingerprint density at radius 2 is 2.00 bits per heavy atom. The summed E-state index contributed by atoms with van der Waals surface area (Å²) >= 11 is 0. The number of rotatable bonds is 11. The molecule has 0 aliphatic heterocycles. The maximum absolute atomic E-state index is 5.55. The molecule has 0 heterocycles. The van der Waals surface area contributed by atoms with Crippen LogP contribution in [0.25, 0.3) is 0 Å². The summed E-state index contributed by atoms with van der Waals surface area (Å²) in [7, 11) is 1.66. The number of likely N-dealkylation sites (N-methyl/N-ethyl adjacent to an activating group) is 1. The van der Waals surface area contributed by atoms with Gasteiger partial charge in [-0.25, -0.2) is 0 Å². The zero-order valence-corrected chi connectivity index (χ0v) is 13.5. The Bertz CT molecular complexity index is 417. The highest BCUT2D eigenvalue weighted by atomic mass is 16.5. The van der Waals surface area contributed by atoms with Gasteiger partial charge >= 0.3 is 0 Å². The van der Waals surface area contributed by atoms with Crippen LogP contribution in [0.4, 0.5) is 0 Å². The quantitative estimate of drug-likeness (QED) is 0.502. The molecule has 0 amide bonds. The second-order valence-corrected chi connectivity index (χ2v) is 4.79. The minimum atomic E-state index is 0.484. The number of benzene rings is 1. The molecule has 0 unspecified atom stereocenters. The normalized spacial score (nSPS) is 10.7. The molecule has 1 aromatic rings. The molecule has 0 radical (unpaired) electrons. The lowest BCUT2D eigenvalue weighted by Crippen LogP contribution is -2.31. The standard InChI is InChI=1S/C17H28N2O2/c1-5-12-21-16-9-8-15(13-17(16)20-4)14-18-10-11-19(6-2)7-3/h5,8-9,13,18H,1,6-7,10-12,14H2,2-4H3. The van der Waals surface area contributed by atoms with E-state index >= 15 is 0 Å². The summed E-state index contributed by atoms with van der Waals surface area (Å²) in [4.78, 5) is 2.40. The summed E-state index contributed by atoms with van der Waals surface area (Å²) in [5.74, 6) is 1.52. The Labute approximate surface area is 128 Å². The lowest BCUT2D eigenvalue weighted by atomic mass is 10.2. The minimum Gasteiger partial charge on any atom is -0.493 e. The summed E-state index contributed by atoms with van der Waals surface area (Å²) in [5, 5.41) is 3.46. The summed E-state index contributed by atoms with van der Waals surface area (Å²) in [6, 6.07) is 6.03. The number of methoxy groups -OCH3 is 1. The molecule has 0 aliphatic rings. The van der Waals surface area contributed by atoms with Crippen molar-refractivity contribution in [2.45, 2.75) is 20.4 Å². The lowest BCUT2D eigenvalue weighted by molar-refractivity contribution is 0.302. The highest BCUT2D eigenvalue weighted by Crippen LogP contribution is 2.27. The van der Waals surface area contributed by atoms with Gasteiger partial charge in [-0.3, -0.25) is 0 Å². The molecule has 0 atom stereocenters. The molecule has 0 spiro atoms. The molecule has 118 valence electrons. The third-order valence-corrected chi connectivity index (χ3v) is 3.41. The molecule has 0 saturated heterocycles. The number of hydrogen-bond acceptors (Lipinski definition) is 4. The third kappa shape index (κ3) is 6.19. The van der Waals surface area contributed by atoms with E-state index in [2.05, 4.69) is 36.7 Å². The van der Waals surface area contributed by atoms with E-state index < -0.39 is 0 Å². The Morgan fingerprint density at radius 3 is 2.62 bits per heavy atom. The first-order valence-electron chi connectivity index (χ1n) is 7.58. The molecule has 4 nitrogen and oxygen atoms in total. The van der Waals surface area contributed by atoms with Gasteiger partial charge in [0, 0.05) is 19.6 Å². The zero-order chi connectivity index (χ0) is 15.5. The summed E-state index contributed by atoms with van der Waals surface area (Å²) in [6.07, 6.45) is 1.72. The average molecular weight is 292 g/mol. The highest BCUT2D eigenvalue weighted by molar-refractivity contribution is 5.43. The number of nitrogens with one attached hydrogen (secondary N) is 1. The van der Waals surface area contributed by atoms with Crippen LogP contribution in [0.1, 0.15) is 19.4 Å². The van der Waals surface area contributed by atoms with Crippen molar-refractivity contribution in [1.82, 2.24) is 10.2 Å². The van der Waals surface area contributed by atoms with Crippen LogP contribution in [-0.2, 0) is 6.54 Å².